The molecule has 3 aliphatic heterocycles. The first-order valence-corrected chi connectivity index (χ1v) is 26.1. The summed E-state index contributed by atoms with van der Waals surface area (Å²) in [6.07, 6.45) is 4.76. The first kappa shape index (κ1) is 40.0. The summed E-state index contributed by atoms with van der Waals surface area (Å²) in [6, 6.07) is 60.7. The van der Waals surface area contributed by atoms with E-state index in [9.17, 15) is 0 Å². The zero-order valence-electron chi connectivity index (χ0n) is 41.7. The summed E-state index contributed by atoms with van der Waals surface area (Å²) in [7, 11) is 0. The van der Waals surface area contributed by atoms with Gasteiger partial charge in [0.15, 0.2) is 0 Å². The second kappa shape index (κ2) is 12.5. The van der Waals surface area contributed by atoms with Crippen LogP contribution in [0.25, 0.3) is 77.6 Å². The van der Waals surface area contributed by atoms with Gasteiger partial charge in [0, 0.05) is 44.1 Å². The molecule has 0 bridgehead atoms. The second-order valence-corrected chi connectivity index (χ2v) is 24.8. The van der Waals surface area contributed by atoms with Crippen LogP contribution in [0.15, 0.2) is 152 Å². The number of fused-ring (bicyclic) bond motifs is 13. The van der Waals surface area contributed by atoms with E-state index in [2.05, 4.69) is 216 Å². The van der Waals surface area contributed by atoms with Crippen LogP contribution < -0.4 is 16.4 Å². The van der Waals surface area contributed by atoms with E-state index in [4.69, 9.17) is 0 Å². The van der Waals surface area contributed by atoms with Crippen LogP contribution in [-0.4, -0.2) is 15.8 Å². The third-order valence-electron chi connectivity index (χ3n) is 19.5. The molecule has 3 heteroatoms. The van der Waals surface area contributed by atoms with Gasteiger partial charge in [-0.1, -0.05) is 195 Å². The number of rotatable bonds is 2. The molecule has 338 valence electrons. The Morgan fingerprint density at radius 2 is 0.871 bits per heavy atom. The maximum atomic E-state index is 2.76. The lowest BCUT2D eigenvalue weighted by atomic mass is 9.33. The average molecular weight is 901 g/mol. The van der Waals surface area contributed by atoms with Crippen LogP contribution in [0.3, 0.4) is 0 Å². The molecule has 0 unspecified atom stereocenters. The summed E-state index contributed by atoms with van der Waals surface area (Å²) in [6.45, 7) is 19.8. The molecule has 0 saturated carbocycles. The molecular weight excluding hydrogens is 844 g/mol. The zero-order valence-corrected chi connectivity index (χ0v) is 41.7. The van der Waals surface area contributed by atoms with Gasteiger partial charge in [-0.25, -0.2) is 0 Å². The Hall–Kier alpha value is -6.84. The second-order valence-electron chi connectivity index (χ2n) is 24.8. The molecule has 8 aromatic carbocycles. The molecule has 10 aromatic rings. The van der Waals surface area contributed by atoms with Crippen LogP contribution in [0.1, 0.15) is 126 Å². The molecule has 2 nitrogen and oxygen atoms in total. The molecule has 0 amide bonds. The van der Waals surface area contributed by atoms with Crippen molar-refractivity contribution in [1.82, 2.24) is 9.13 Å². The number of aromatic nitrogens is 2. The van der Waals surface area contributed by atoms with Crippen molar-refractivity contribution >= 4 is 55.8 Å². The van der Waals surface area contributed by atoms with E-state index in [0.717, 1.165) is 0 Å². The van der Waals surface area contributed by atoms with Crippen molar-refractivity contribution in [1.29, 1.82) is 0 Å². The molecule has 16 rings (SSSR count). The highest BCUT2D eigenvalue weighted by Gasteiger charge is 2.54. The Balaban J connectivity index is 1.09. The summed E-state index contributed by atoms with van der Waals surface area (Å²) in [4.78, 5) is 0. The maximum absolute atomic E-state index is 2.76. The van der Waals surface area contributed by atoms with E-state index in [1.807, 2.05) is 0 Å². The van der Waals surface area contributed by atoms with Crippen LogP contribution in [-0.2, 0) is 27.1 Å². The van der Waals surface area contributed by atoms with Gasteiger partial charge in [0.2, 0.25) is 0 Å². The highest BCUT2D eigenvalue weighted by Crippen LogP contribution is 2.62. The Labute approximate surface area is 412 Å². The normalized spacial score (nSPS) is 18.9. The Morgan fingerprint density at radius 1 is 0.386 bits per heavy atom. The molecule has 70 heavy (non-hydrogen) atoms. The number of nitrogens with zero attached hydrogens (tertiary/aromatic N) is 2. The van der Waals surface area contributed by atoms with Crippen LogP contribution in [0, 0.1) is 0 Å². The van der Waals surface area contributed by atoms with Gasteiger partial charge in [-0.3, -0.25) is 0 Å². The van der Waals surface area contributed by atoms with Crippen molar-refractivity contribution in [2.24, 2.45) is 0 Å². The average Bonchev–Trinajstić information content (AvgIpc) is 4.00. The van der Waals surface area contributed by atoms with Crippen LogP contribution in [0.2, 0.25) is 0 Å². The van der Waals surface area contributed by atoms with Gasteiger partial charge in [-0.05, 0) is 143 Å². The Bertz CT molecular complexity index is 4040. The summed E-state index contributed by atoms with van der Waals surface area (Å²) < 4.78 is 5.50. The molecule has 6 aliphatic rings. The number of hydrogen-bond acceptors (Lipinski definition) is 0. The van der Waals surface area contributed by atoms with Gasteiger partial charge in [-0.15, -0.1) is 0 Å². The quantitative estimate of drug-likeness (QED) is 0.153. The molecule has 3 aliphatic carbocycles. The van der Waals surface area contributed by atoms with E-state index in [0.29, 0.717) is 0 Å². The largest absolute Gasteiger partial charge is 0.310 e. The summed E-state index contributed by atoms with van der Waals surface area (Å²) in [5.74, 6) is 0. The van der Waals surface area contributed by atoms with Crippen LogP contribution in [0.4, 0.5) is 0 Å². The minimum absolute atomic E-state index is 0.0503. The van der Waals surface area contributed by atoms with Gasteiger partial charge in [-0.2, -0.15) is 0 Å². The van der Waals surface area contributed by atoms with Gasteiger partial charge in [0.25, 0.3) is 6.71 Å². The van der Waals surface area contributed by atoms with E-state index in [1.54, 1.807) is 0 Å². The standard InChI is InChI=1S/C67H57BN2/c1-63(2)32-34-65(5,6)51-36-38(26-28-47(51)63)56-44-20-15-25-54-61(44)69(58(56)39-27-29-48-52(37-39)66(7,8)35-33-64(48,3)4)55-31-30-50-62-57(55)68(54)53-24-14-19-43-42-18-13-23-49(59(42)70(62)60(43)53)67(50)45-21-11-9-16-40(45)41-17-10-12-22-46(41)67/h9-31,36-37H,32-35H2,1-8H3. The highest BCUT2D eigenvalue weighted by atomic mass is 15.1. The van der Waals surface area contributed by atoms with Gasteiger partial charge < -0.3 is 9.13 Å². The summed E-state index contributed by atoms with van der Waals surface area (Å²) in [5.41, 5.74) is 30.5. The van der Waals surface area contributed by atoms with Crippen molar-refractivity contribution in [3.63, 3.8) is 0 Å². The van der Waals surface area contributed by atoms with Crippen molar-refractivity contribution < 1.29 is 0 Å². The van der Waals surface area contributed by atoms with Crippen molar-refractivity contribution in [2.75, 3.05) is 0 Å². The Morgan fingerprint density at radius 3 is 1.50 bits per heavy atom. The molecular formula is C67H57BN2. The number of benzene rings is 8. The van der Waals surface area contributed by atoms with Gasteiger partial charge in [0.05, 0.1) is 16.6 Å². The first-order valence-electron chi connectivity index (χ1n) is 26.1. The fourth-order valence-electron chi connectivity index (χ4n) is 15.8. The molecule has 5 heterocycles. The predicted molar refractivity (Wildman–Crippen MR) is 295 cm³/mol. The van der Waals surface area contributed by atoms with Crippen molar-refractivity contribution in [3.8, 4) is 44.9 Å². The maximum Gasteiger partial charge on any atom is 0.252 e. The number of hydrogen-bond donors (Lipinski definition) is 0. The number of para-hydroxylation sites is 3. The fraction of sp³-hybridized carbons (Fsp3) is 0.254. The van der Waals surface area contributed by atoms with E-state index in [-0.39, 0.29) is 28.4 Å². The van der Waals surface area contributed by atoms with Gasteiger partial charge >= 0.3 is 0 Å². The third-order valence-corrected chi connectivity index (χ3v) is 19.5. The van der Waals surface area contributed by atoms with Crippen LogP contribution >= 0.6 is 0 Å². The van der Waals surface area contributed by atoms with Gasteiger partial charge in [0.1, 0.15) is 0 Å². The minimum atomic E-state index is -0.485. The van der Waals surface area contributed by atoms with E-state index in [1.165, 1.54) is 164 Å². The molecule has 0 atom stereocenters. The van der Waals surface area contributed by atoms with E-state index >= 15 is 0 Å². The monoisotopic (exact) mass is 900 g/mol. The highest BCUT2D eigenvalue weighted by molar-refractivity contribution is 7.00. The first-order chi connectivity index (χ1) is 33.7. The smallest absolute Gasteiger partial charge is 0.252 e. The van der Waals surface area contributed by atoms with E-state index < -0.39 is 5.41 Å². The summed E-state index contributed by atoms with van der Waals surface area (Å²) in [5, 5.41) is 4.04. The van der Waals surface area contributed by atoms with Crippen molar-refractivity contribution in [3.05, 3.63) is 196 Å². The molecule has 0 radical (unpaired) electrons. The molecule has 0 saturated heterocycles. The Kier molecular flexibility index (Phi) is 7.16. The van der Waals surface area contributed by atoms with Crippen molar-refractivity contribution in [2.45, 2.75) is 108 Å². The summed E-state index contributed by atoms with van der Waals surface area (Å²) >= 11 is 0. The lowest BCUT2D eigenvalue weighted by Crippen LogP contribution is -2.60. The molecule has 1 spiro atoms. The SMILES string of the molecule is CC1(C)CCC(C)(C)c2cc(-c3c(-c4ccc5c(c4)C(C)(C)CCC5(C)C)n4c5c(cccc35)B3c5c-4ccc4c5-n5c6c3cccc6c3cccc(c35)C43c4ccccc4-c4ccccc43)ccc21. The lowest BCUT2D eigenvalue weighted by molar-refractivity contribution is 0.332. The zero-order chi connectivity index (χ0) is 47.2. The minimum Gasteiger partial charge on any atom is -0.310 e. The predicted octanol–water partition coefficient (Wildman–Crippen LogP) is 14.6. The molecule has 2 aromatic heterocycles. The van der Waals surface area contributed by atoms with Crippen LogP contribution in [0.5, 0.6) is 0 Å². The third kappa shape index (κ3) is 4.49. The fourth-order valence-corrected chi connectivity index (χ4v) is 15.8. The topological polar surface area (TPSA) is 9.86 Å². The lowest BCUT2D eigenvalue weighted by Gasteiger charge is -2.44. The molecule has 0 N–H and O–H groups in total. The molecule has 0 fully saturated rings.